The third kappa shape index (κ3) is 2.51. The Labute approximate surface area is 114 Å². The summed E-state index contributed by atoms with van der Waals surface area (Å²) in [5.74, 6) is -0.00204. The first kappa shape index (κ1) is 8.72. The summed E-state index contributed by atoms with van der Waals surface area (Å²) in [5, 5.41) is 0.728. The van der Waals surface area contributed by atoms with Crippen LogP contribution in [0.5, 0.6) is 0 Å². The lowest BCUT2D eigenvalue weighted by molar-refractivity contribution is 1.01. The molecule has 0 unspecified atom stereocenters. The molecule has 0 spiro atoms. The molecule has 2 rings (SSSR count). The zero-order valence-electron chi connectivity index (χ0n) is 11.7. The van der Waals surface area contributed by atoms with Crippen molar-refractivity contribution in [3.05, 3.63) is 40.0 Å². The number of anilines is 1. The molecule has 0 aliphatic heterocycles. The highest BCUT2D eigenvalue weighted by molar-refractivity contribution is 6.43. The zero-order valence-corrected chi connectivity index (χ0v) is 10.3. The average Bonchev–Trinajstić information content (AvgIpc) is 2.29. The quantitative estimate of drug-likeness (QED) is 0.907. The summed E-state index contributed by atoms with van der Waals surface area (Å²) in [6.45, 7) is -2.13. The van der Waals surface area contributed by atoms with Gasteiger partial charge in [-0.2, -0.15) is 0 Å². The van der Waals surface area contributed by atoms with E-state index in [1.165, 1.54) is 0 Å². The molecule has 0 aliphatic rings. The van der Waals surface area contributed by atoms with Gasteiger partial charge >= 0.3 is 0 Å². The van der Waals surface area contributed by atoms with Gasteiger partial charge < -0.3 is 5.73 Å². The molecular weight excluding hydrogens is 257 g/mol. The summed E-state index contributed by atoms with van der Waals surface area (Å²) in [6, 6.07) is 6.67. The van der Waals surface area contributed by atoms with Gasteiger partial charge in [0.1, 0.15) is 0 Å². The fraction of sp³-hybridized carbons (Fsp3) is 0.167. The van der Waals surface area contributed by atoms with Crippen molar-refractivity contribution in [3.8, 4) is 11.3 Å². The number of benzene rings is 1. The molecule has 1 aromatic heterocycles. The normalized spacial score (nSPS) is 13.9. The van der Waals surface area contributed by atoms with E-state index in [2.05, 4.69) is 9.97 Å². The van der Waals surface area contributed by atoms with Crippen LogP contribution in [-0.2, 0) is 6.42 Å². The van der Waals surface area contributed by atoms with Crippen molar-refractivity contribution < 1.29 is 4.11 Å². The maximum Gasteiger partial charge on any atom is 0.220 e. The van der Waals surface area contributed by atoms with Gasteiger partial charge in [0.2, 0.25) is 5.95 Å². The van der Waals surface area contributed by atoms with Gasteiger partial charge in [-0.05, 0) is 18.6 Å². The number of aryl methyl sites for hydroxylation is 1. The van der Waals surface area contributed by atoms with E-state index in [0.29, 0.717) is 27.0 Å². The predicted molar refractivity (Wildman–Crippen MR) is 71.3 cm³/mol. The van der Waals surface area contributed by atoms with Crippen molar-refractivity contribution in [2.24, 2.45) is 0 Å². The first-order chi connectivity index (χ1) is 9.26. The van der Waals surface area contributed by atoms with E-state index in [0.717, 1.165) is 0 Å². The molecular formula is C12H11Cl2N3. The molecule has 17 heavy (non-hydrogen) atoms. The van der Waals surface area contributed by atoms with Crippen molar-refractivity contribution in [3.63, 3.8) is 0 Å². The summed E-state index contributed by atoms with van der Waals surface area (Å²) < 4.78 is 21.8. The number of aromatic nitrogens is 2. The summed E-state index contributed by atoms with van der Waals surface area (Å²) in [6.07, 6.45) is -0.190. The van der Waals surface area contributed by atoms with Crippen LogP contribution in [0.25, 0.3) is 11.3 Å². The Hall–Kier alpha value is -1.32. The lowest BCUT2D eigenvalue weighted by atomic mass is 10.1. The molecule has 0 saturated heterocycles. The molecule has 2 aromatic rings. The number of halogens is 2. The molecule has 0 aliphatic carbocycles. The Morgan fingerprint density at radius 1 is 1.35 bits per heavy atom. The van der Waals surface area contributed by atoms with Gasteiger partial charge in [-0.1, -0.05) is 42.2 Å². The number of nitrogens with two attached hydrogens (primary N) is 1. The number of rotatable bonds is 2. The maximum atomic E-state index is 7.28. The third-order valence-electron chi connectivity index (χ3n) is 2.21. The van der Waals surface area contributed by atoms with Gasteiger partial charge in [0.05, 0.1) is 15.7 Å². The van der Waals surface area contributed by atoms with E-state index in [4.69, 9.17) is 33.0 Å². The Balaban J connectivity index is 2.50. The number of nitrogens with zero attached hydrogens (tertiary/aromatic N) is 2. The van der Waals surface area contributed by atoms with Crippen LogP contribution in [0.4, 0.5) is 5.95 Å². The van der Waals surface area contributed by atoms with Gasteiger partial charge in [-0.25, -0.2) is 9.97 Å². The van der Waals surface area contributed by atoms with Crippen LogP contribution < -0.4 is 5.73 Å². The second-order valence-corrected chi connectivity index (χ2v) is 4.17. The summed E-state index contributed by atoms with van der Waals surface area (Å²) in [7, 11) is 0. The van der Waals surface area contributed by atoms with Gasteiger partial charge in [0, 0.05) is 15.4 Å². The van der Waals surface area contributed by atoms with E-state index < -0.39 is 6.85 Å². The minimum atomic E-state index is -2.13. The maximum absolute atomic E-state index is 7.28. The number of hydrogen-bond acceptors (Lipinski definition) is 3. The van der Waals surface area contributed by atoms with Gasteiger partial charge in [0.25, 0.3) is 0 Å². The lowest BCUT2D eigenvalue weighted by Crippen LogP contribution is -2.00. The third-order valence-corrected chi connectivity index (χ3v) is 3.02. The highest BCUT2D eigenvalue weighted by atomic mass is 35.5. The van der Waals surface area contributed by atoms with Crippen molar-refractivity contribution in [2.75, 3.05) is 5.73 Å². The molecule has 5 heteroatoms. The van der Waals surface area contributed by atoms with Crippen molar-refractivity contribution in [1.82, 2.24) is 9.97 Å². The minimum Gasteiger partial charge on any atom is -0.368 e. The topological polar surface area (TPSA) is 51.8 Å². The van der Waals surface area contributed by atoms with Crippen molar-refractivity contribution in [1.29, 1.82) is 0 Å². The summed E-state index contributed by atoms with van der Waals surface area (Å²) >= 11 is 12.1. The molecule has 3 nitrogen and oxygen atoms in total. The smallest absolute Gasteiger partial charge is 0.220 e. The molecule has 1 aromatic carbocycles. The predicted octanol–water partition coefficient (Wildman–Crippen LogP) is 3.60. The Morgan fingerprint density at radius 2 is 2.18 bits per heavy atom. The second-order valence-electron chi connectivity index (χ2n) is 3.38. The highest BCUT2D eigenvalue weighted by Gasteiger charge is 2.10. The van der Waals surface area contributed by atoms with Crippen LogP contribution in [-0.4, -0.2) is 9.97 Å². The number of hydrogen-bond donors (Lipinski definition) is 1. The first-order valence-corrected chi connectivity index (χ1v) is 5.60. The molecule has 0 radical (unpaired) electrons. The average molecular weight is 271 g/mol. The Kier molecular flexibility index (Phi) is 2.51. The fourth-order valence-electron chi connectivity index (χ4n) is 1.45. The molecule has 2 N–H and O–H groups in total. The first-order valence-electron chi connectivity index (χ1n) is 6.34. The van der Waals surface area contributed by atoms with E-state index in [9.17, 15) is 0 Å². The molecule has 0 bridgehead atoms. The van der Waals surface area contributed by atoms with Gasteiger partial charge in [-0.15, -0.1) is 0 Å². The minimum absolute atomic E-state index is 0.00204. The van der Waals surface area contributed by atoms with Crippen molar-refractivity contribution >= 4 is 29.2 Å². The van der Waals surface area contributed by atoms with E-state index in [-0.39, 0.29) is 12.4 Å². The largest absolute Gasteiger partial charge is 0.368 e. The van der Waals surface area contributed by atoms with E-state index in [1.807, 2.05) is 0 Å². The van der Waals surface area contributed by atoms with Crippen LogP contribution in [0.15, 0.2) is 24.3 Å². The van der Waals surface area contributed by atoms with E-state index >= 15 is 0 Å². The zero-order chi connectivity index (χ0) is 14.9. The monoisotopic (exact) mass is 270 g/mol. The summed E-state index contributed by atoms with van der Waals surface area (Å²) in [5.41, 5.74) is 6.99. The fourth-order valence-corrected chi connectivity index (χ4v) is 1.85. The molecule has 0 fully saturated rings. The second kappa shape index (κ2) is 4.90. The Morgan fingerprint density at radius 3 is 2.94 bits per heavy atom. The number of nitrogen functional groups attached to an aromatic ring is 1. The van der Waals surface area contributed by atoms with Gasteiger partial charge in [0.15, 0.2) is 0 Å². The van der Waals surface area contributed by atoms with Crippen molar-refractivity contribution in [2.45, 2.75) is 13.3 Å². The molecule has 0 atom stereocenters. The molecule has 1 heterocycles. The molecule has 0 saturated carbocycles. The molecule has 0 amide bonds. The standard InChI is InChI=1S/C12H11Cl2N3/c1-2-7-6-10(17-12(15)16-7)8-4-3-5-9(13)11(8)14/h3-6H,2H2,1H3,(H2,15,16,17)/i1D3. The summed E-state index contributed by atoms with van der Waals surface area (Å²) in [4.78, 5) is 8.00. The lowest BCUT2D eigenvalue weighted by Gasteiger charge is -2.07. The SMILES string of the molecule is [2H]C([2H])([2H])Cc1cc(-c2cccc(Cl)c2Cl)nc(N)n1. The Bertz CT molecular complexity index is 644. The van der Waals surface area contributed by atoms with E-state index in [1.54, 1.807) is 24.3 Å². The van der Waals surface area contributed by atoms with Crippen LogP contribution in [0, 0.1) is 0 Å². The van der Waals surface area contributed by atoms with Crippen LogP contribution in [0.3, 0.4) is 0 Å². The van der Waals surface area contributed by atoms with Crippen LogP contribution in [0.2, 0.25) is 10.0 Å². The van der Waals surface area contributed by atoms with Crippen LogP contribution >= 0.6 is 23.2 Å². The van der Waals surface area contributed by atoms with Crippen LogP contribution in [0.1, 0.15) is 16.7 Å². The molecule has 88 valence electrons. The van der Waals surface area contributed by atoms with Gasteiger partial charge in [-0.3, -0.25) is 0 Å². The highest BCUT2D eigenvalue weighted by Crippen LogP contribution is 2.32.